The number of carboxylic acids is 1. The molecule has 7 heteroatoms. The number of fused-ring (bicyclic) bond motifs is 1. The summed E-state index contributed by atoms with van der Waals surface area (Å²) >= 11 is 6.05. The van der Waals surface area contributed by atoms with E-state index in [0.717, 1.165) is 27.6 Å². The van der Waals surface area contributed by atoms with Crippen molar-refractivity contribution >= 4 is 28.5 Å². The Labute approximate surface area is 203 Å². The summed E-state index contributed by atoms with van der Waals surface area (Å²) in [6, 6.07) is 20.3. The Kier molecular flexibility index (Phi) is 7.72. The SMILES string of the molecule is CCOc1cc(CNC(Cc2c[nH]c3ccccc23)C(=O)O)ccc1OCc1cccc(Cl)c1. The number of hydrogen-bond donors (Lipinski definition) is 3. The molecule has 0 spiro atoms. The Morgan fingerprint density at radius 1 is 1.03 bits per heavy atom. The summed E-state index contributed by atoms with van der Waals surface area (Å²) in [7, 11) is 0. The Hall–Kier alpha value is -3.48. The minimum Gasteiger partial charge on any atom is -0.490 e. The number of hydrogen-bond acceptors (Lipinski definition) is 4. The van der Waals surface area contributed by atoms with Crippen LogP contribution in [0.4, 0.5) is 0 Å². The third-order valence-electron chi connectivity index (χ3n) is 5.54. The van der Waals surface area contributed by atoms with Crippen molar-refractivity contribution in [2.24, 2.45) is 0 Å². The largest absolute Gasteiger partial charge is 0.490 e. The molecule has 3 aromatic carbocycles. The van der Waals surface area contributed by atoms with Gasteiger partial charge >= 0.3 is 5.97 Å². The molecule has 1 unspecified atom stereocenters. The summed E-state index contributed by atoms with van der Waals surface area (Å²) in [5.41, 5.74) is 3.83. The maximum atomic E-state index is 11.9. The van der Waals surface area contributed by atoms with Crippen molar-refractivity contribution in [3.05, 3.63) is 94.6 Å². The van der Waals surface area contributed by atoms with Gasteiger partial charge < -0.3 is 24.9 Å². The van der Waals surface area contributed by atoms with Crippen molar-refractivity contribution in [1.82, 2.24) is 10.3 Å². The number of para-hydroxylation sites is 1. The molecule has 0 aliphatic carbocycles. The summed E-state index contributed by atoms with van der Waals surface area (Å²) in [6.45, 7) is 3.15. The molecule has 3 N–H and O–H groups in total. The van der Waals surface area contributed by atoms with Crippen molar-refractivity contribution in [3.63, 3.8) is 0 Å². The second-order valence-electron chi connectivity index (χ2n) is 7.97. The number of aromatic nitrogens is 1. The average Bonchev–Trinajstić information content (AvgIpc) is 3.24. The highest BCUT2D eigenvalue weighted by Gasteiger charge is 2.19. The molecule has 0 aliphatic heterocycles. The van der Waals surface area contributed by atoms with Crippen LogP contribution in [0.3, 0.4) is 0 Å². The van der Waals surface area contributed by atoms with E-state index in [1.54, 1.807) is 0 Å². The van der Waals surface area contributed by atoms with E-state index in [1.165, 1.54) is 0 Å². The van der Waals surface area contributed by atoms with E-state index < -0.39 is 12.0 Å². The number of carboxylic acid groups (broad SMARTS) is 1. The first-order valence-corrected chi connectivity index (χ1v) is 11.6. The monoisotopic (exact) mass is 478 g/mol. The lowest BCUT2D eigenvalue weighted by molar-refractivity contribution is -0.139. The van der Waals surface area contributed by atoms with Crippen molar-refractivity contribution in [2.45, 2.75) is 32.5 Å². The van der Waals surface area contributed by atoms with Gasteiger partial charge in [0.15, 0.2) is 11.5 Å². The van der Waals surface area contributed by atoms with Crippen LogP contribution in [0, 0.1) is 0 Å². The van der Waals surface area contributed by atoms with E-state index in [1.807, 2.05) is 79.9 Å². The minimum atomic E-state index is -0.892. The summed E-state index contributed by atoms with van der Waals surface area (Å²) < 4.78 is 11.7. The third kappa shape index (κ3) is 5.90. The number of aromatic amines is 1. The maximum absolute atomic E-state index is 11.9. The van der Waals surface area contributed by atoms with E-state index in [4.69, 9.17) is 21.1 Å². The standard InChI is InChI=1S/C27H27ClN2O4/c1-2-33-26-13-18(10-11-25(26)34-17-19-6-5-7-21(28)12-19)15-29-24(27(31)32)14-20-16-30-23-9-4-3-8-22(20)23/h3-13,16,24,29-30H,2,14-15,17H2,1H3,(H,31,32). The number of rotatable bonds is 11. The van der Waals surface area contributed by atoms with E-state index in [0.29, 0.717) is 42.7 Å². The molecule has 34 heavy (non-hydrogen) atoms. The molecular weight excluding hydrogens is 452 g/mol. The zero-order valence-electron chi connectivity index (χ0n) is 18.9. The predicted molar refractivity (Wildman–Crippen MR) is 134 cm³/mol. The minimum absolute atomic E-state index is 0.365. The van der Waals surface area contributed by atoms with Crippen LogP contribution in [-0.2, 0) is 24.4 Å². The van der Waals surface area contributed by atoms with Gasteiger partial charge in [-0.15, -0.1) is 0 Å². The van der Waals surface area contributed by atoms with Gasteiger partial charge in [-0.25, -0.2) is 0 Å². The van der Waals surface area contributed by atoms with Crippen LogP contribution < -0.4 is 14.8 Å². The molecule has 0 amide bonds. The topological polar surface area (TPSA) is 83.6 Å². The fraction of sp³-hybridized carbons (Fsp3) is 0.222. The van der Waals surface area contributed by atoms with Crippen molar-refractivity contribution in [1.29, 1.82) is 0 Å². The number of aliphatic carboxylic acids is 1. The summed E-state index contributed by atoms with van der Waals surface area (Å²) in [4.78, 5) is 15.1. The van der Waals surface area contributed by atoms with Crippen LogP contribution in [0.2, 0.25) is 5.02 Å². The second-order valence-corrected chi connectivity index (χ2v) is 8.40. The molecule has 0 saturated heterocycles. The zero-order valence-corrected chi connectivity index (χ0v) is 19.6. The van der Waals surface area contributed by atoms with Crippen LogP contribution in [0.15, 0.2) is 72.9 Å². The van der Waals surface area contributed by atoms with E-state index in [2.05, 4.69) is 10.3 Å². The van der Waals surface area contributed by atoms with Gasteiger partial charge in [-0.05, 0) is 53.9 Å². The molecular formula is C27H27ClN2O4. The molecule has 0 saturated carbocycles. The molecule has 0 bridgehead atoms. The smallest absolute Gasteiger partial charge is 0.321 e. The fourth-order valence-corrected chi connectivity index (χ4v) is 4.06. The van der Waals surface area contributed by atoms with Crippen LogP contribution in [0.5, 0.6) is 11.5 Å². The van der Waals surface area contributed by atoms with Crippen LogP contribution in [0.1, 0.15) is 23.6 Å². The predicted octanol–water partition coefficient (Wildman–Crippen LogP) is 5.58. The summed E-state index contributed by atoms with van der Waals surface area (Å²) in [5.74, 6) is 0.350. The van der Waals surface area contributed by atoms with Gasteiger partial charge in [0.2, 0.25) is 0 Å². The molecule has 4 aromatic rings. The Balaban J connectivity index is 1.43. The van der Waals surface area contributed by atoms with Gasteiger partial charge in [0, 0.05) is 35.1 Å². The van der Waals surface area contributed by atoms with Gasteiger partial charge in [-0.1, -0.05) is 48.0 Å². The molecule has 4 rings (SSSR count). The number of H-pyrrole nitrogens is 1. The van der Waals surface area contributed by atoms with E-state index in [-0.39, 0.29) is 0 Å². The highest BCUT2D eigenvalue weighted by atomic mass is 35.5. The highest BCUT2D eigenvalue weighted by Crippen LogP contribution is 2.30. The Morgan fingerprint density at radius 2 is 1.88 bits per heavy atom. The molecule has 0 radical (unpaired) electrons. The summed E-state index contributed by atoms with van der Waals surface area (Å²) in [5, 5.41) is 14.6. The van der Waals surface area contributed by atoms with Crippen LogP contribution in [-0.4, -0.2) is 28.7 Å². The van der Waals surface area contributed by atoms with Gasteiger partial charge in [-0.2, -0.15) is 0 Å². The van der Waals surface area contributed by atoms with E-state index >= 15 is 0 Å². The lowest BCUT2D eigenvalue weighted by Gasteiger charge is -2.16. The number of carbonyl (C=O) groups is 1. The van der Waals surface area contributed by atoms with E-state index in [9.17, 15) is 9.90 Å². The Bertz CT molecular complexity index is 1270. The normalized spacial score (nSPS) is 11.9. The molecule has 176 valence electrons. The first-order chi connectivity index (χ1) is 16.5. The van der Waals surface area contributed by atoms with Crippen LogP contribution in [0.25, 0.3) is 10.9 Å². The molecule has 0 fully saturated rings. The van der Waals surface area contributed by atoms with Gasteiger partial charge in [0.05, 0.1) is 6.61 Å². The Morgan fingerprint density at radius 3 is 2.68 bits per heavy atom. The first kappa shape index (κ1) is 23.7. The molecule has 6 nitrogen and oxygen atoms in total. The fourth-order valence-electron chi connectivity index (χ4n) is 3.85. The zero-order chi connectivity index (χ0) is 23.9. The number of nitrogens with one attached hydrogen (secondary N) is 2. The number of benzene rings is 3. The summed E-state index contributed by atoms with van der Waals surface area (Å²) in [6.07, 6.45) is 2.25. The maximum Gasteiger partial charge on any atom is 0.321 e. The molecule has 1 heterocycles. The lowest BCUT2D eigenvalue weighted by atomic mass is 10.0. The quantitative estimate of drug-likeness (QED) is 0.262. The van der Waals surface area contributed by atoms with Crippen molar-refractivity contribution in [2.75, 3.05) is 6.61 Å². The highest BCUT2D eigenvalue weighted by molar-refractivity contribution is 6.30. The van der Waals surface area contributed by atoms with Crippen molar-refractivity contribution < 1.29 is 19.4 Å². The number of ether oxygens (including phenoxy) is 2. The average molecular weight is 479 g/mol. The molecule has 0 aliphatic rings. The van der Waals surface area contributed by atoms with Crippen molar-refractivity contribution in [3.8, 4) is 11.5 Å². The van der Waals surface area contributed by atoms with Crippen LogP contribution >= 0.6 is 11.6 Å². The number of halogens is 1. The third-order valence-corrected chi connectivity index (χ3v) is 5.78. The second kappa shape index (κ2) is 11.1. The molecule has 1 aromatic heterocycles. The van der Waals surface area contributed by atoms with Gasteiger partial charge in [-0.3, -0.25) is 4.79 Å². The lowest BCUT2D eigenvalue weighted by Crippen LogP contribution is -2.38. The van der Waals surface area contributed by atoms with Gasteiger partial charge in [0.1, 0.15) is 12.6 Å². The van der Waals surface area contributed by atoms with Gasteiger partial charge in [0.25, 0.3) is 0 Å². The first-order valence-electron chi connectivity index (χ1n) is 11.2. The molecule has 1 atom stereocenters.